The molecule has 0 radical (unpaired) electrons. The van der Waals surface area contributed by atoms with Crippen LogP contribution in [0.4, 0.5) is 0 Å². The number of phosphoric ester groups is 1. The van der Waals surface area contributed by atoms with Gasteiger partial charge in [0.1, 0.15) is 19.8 Å². The normalized spacial score (nSPS) is 13.6. The lowest BCUT2D eigenvalue weighted by Gasteiger charge is -2.24. The first-order chi connectivity index (χ1) is 30.5. The third-order valence-electron chi connectivity index (χ3n) is 11.7. The van der Waals surface area contributed by atoms with Gasteiger partial charge in [0, 0.05) is 12.8 Å². The van der Waals surface area contributed by atoms with Gasteiger partial charge in [-0.05, 0) is 44.9 Å². The van der Waals surface area contributed by atoms with Gasteiger partial charge in [-0.3, -0.25) is 18.6 Å². The molecule has 0 aliphatic heterocycles. The van der Waals surface area contributed by atoms with Crippen LogP contribution in [0.2, 0.25) is 0 Å². The van der Waals surface area contributed by atoms with Crippen molar-refractivity contribution in [3.05, 3.63) is 24.3 Å². The molecule has 0 saturated carbocycles. The van der Waals surface area contributed by atoms with Gasteiger partial charge in [-0.1, -0.05) is 218 Å². The van der Waals surface area contributed by atoms with E-state index in [0.717, 1.165) is 38.5 Å². The molecule has 0 spiro atoms. The number of quaternary nitrogens is 1. The highest BCUT2D eigenvalue weighted by Crippen LogP contribution is 2.43. The number of hydrogen-bond acceptors (Lipinski definition) is 7. The maximum absolute atomic E-state index is 12.7. The fraction of sp³-hybridized carbons (Fsp3) is 0.887. The summed E-state index contributed by atoms with van der Waals surface area (Å²) in [5.41, 5.74) is 0. The van der Waals surface area contributed by atoms with Crippen molar-refractivity contribution < 1.29 is 42.1 Å². The molecule has 0 heterocycles. The fourth-order valence-corrected chi connectivity index (χ4v) is 8.32. The SMILES string of the molecule is CCCCCCC/C=C\C/C=C\CCCCCCCCCCCCCCCCCCCC(=O)OC(COC(=O)CCCCCCCCCCCC)COP(=O)(O)OCC[N+](C)(C)C. The highest BCUT2D eigenvalue weighted by atomic mass is 31.2. The van der Waals surface area contributed by atoms with Crippen molar-refractivity contribution in [3.8, 4) is 0 Å². The van der Waals surface area contributed by atoms with Crippen molar-refractivity contribution in [3.63, 3.8) is 0 Å². The minimum absolute atomic E-state index is 0.0347. The lowest BCUT2D eigenvalue weighted by Crippen LogP contribution is -2.37. The third-order valence-corrected chi connectivity index (χ3v) is 12.7. The lowest BCUT2D eigenvalue weighted by atomic mass is 10.0. The van der Waals surface area contributed by atoms with E-state index in [1.165, 1.54) is 180 Å². The predicted molar refractivity (Wildman–Crippen MR) is 266 cm³/mol. The molecule has 9 nitrogen and oxygen atoms in total. The molecular weight excluding hydrogens is 810 g/mol. The van der Waals surface area contributed by atoms with Gasteiger partial charge >= 0.3 is 19.8 Å². The van der Waals surface area contributed by atoms with Crippen LogP contribution in [-0.4, -0.2) is 74.9 Å². The maximum Gasteiger partial charge on any atom is 0.472 e. The number of nitrogens with zero attached hydrogens (tertiary/aromatic N) is 1. The molecule has 0 aliphatic carbocycles. The van der Waals surface area contributed by atoms with Crippen LogP contribution < -0.4 is 0 Å². The Labute approximate surface area is 389 Å². The Balaban J connectivity index is 4.02. The van der Waals surface area contributed by atoms with Crippen molar-refractivity contribution in [2.75, 3.05) is 47.5 Å². The summed E-state index contributed by atoms with van der Waals surface area (Å²) in [4.78, 5) is 35.4. The van der Waals surface area contributed by atoms with E-state index >= 15 is 0 Å². The Morgan fingerprint density at radius 1 is 0.492 bits per heavy atom. The number of allylic oxidation sites excluding steroid dienone is 4. The molecule has 2 unspecified atom stereocenters. The zero-order valence-electron chi connectivity index (χ0n) is 42.1. The summed E-state index contributed by atoms with van der Waals surface area (Å²) in [7, 11) is 1.49. The average molecular weight is 913 g/mol. The van der Waals surface area contributed by atoms with Crippen LogP contribution in [0.15, 0.2) is 24.3 Å². The van der Waals surface area contributed by atoms with Crippen LogP contribution in [0.3, 0.4) is 0 Å². The number of ether oxygens (including phenoxy) is 2. The Bertz CT molecular complexity index is 1120. The molecule has 0 fully saturated rings. The van der Waals surface area contributed by atoms with Crippen molar-refractivity contribution >= 4 is 19.8 Å². The van der Waals surface area contributed by atoms with E-state index < -0.39 is 26.5 Å². The van der Waals surface area contributed by atoms with E-state index in [4.69, 9.17) is 18.5 Å². The Morgan fingerprint density at radius 2 is 0.857 bits per heavy atom. The smallest absolute Gasteiger partial charge is 0.462 e. The molecule has 10 heteroatoms. The lowest BCUT2D eigenvalue weighted by molar-refractivity contribution is -0.870. The molecule has 372 valence electrons. The molecule has 0 aromatic heterocycles. The van der Waals surface area contributed by atoms with E-state index in [9.17, 15) is 19.0 Å². The second-order valence-corrected chi connectivity index (χ2v) is 20.7. The molecule has 1 N–H and O–H groups in total. The molecule has 0 aromatic rings. The highest BCUT2D eigenvalue weighted by molar-refractivity contribution is 7.47. The monoisotopic (exact) mass is 913 g/mol. The molecule has 0 aromatic carbocycles. The van der Waals surface area contributed by atoms with Crippen LogP contribution in [-0.2, 0) is 32.7 Å². The molecule has 0 aliphatic rings. The van der Waals surface area contributed by atoms with Crippen molar-refractivity contribution in [1.82, 2.24) is 0 Å². The molecular formula is C53H103NO8P+. The van der Waals surface area contributed by atoms with E-state index in [-0.39, 0.29) is 25.6 Å². The number of phosphoric acid groups is 1. The zero-order chi connectivity index (χ0) is 46.4. The van der Waals surface area contributed by atoms with Gasteiger partial charge in [-0.25, -0.2) is 4.57 Å². The van der Waals surface area contributed by atoms with Gasteiger partial charge in [0.05, 0.1) is 27.7 Å². The number of esters is 2. The zero-order valence-corrected chi connectivity index (χ0v) is 43.0. The molecule has 0 bridgehead atoms. The molecule has 2 atom stereocenters. The van der Waals surface area contributed by atoms with Crippen LogP contribution in [0.1, 0.15) is 251 Å². The summed E-state index contributed by atoms with van der Waals surface area (Å²) in [5, 5.41) is 0. The number of rotatable bonds is 49. The number of unbranched alkanes of at least 4 members (excludes halogenated alkanes) is 31. The molecule has 0 saturated heterocycles. The molecule has 0 rings (SSSR count). The molecule has 63 heavy (non-hydrogen) atoms. The third kappa shape index (κ3) is 49.8. The second kappa shape index (κ2) is 45.6. The second-order valence-electron chi connectivity index (χ2n) is 19.3. The Hall–Kier alpha value is -1.51. The van der Waals surface area contributed by atoms with Crippen molar-refractivity contribution in [2.24, 2.45) is 0 Å². The van der Waals surface area contributed by atoms with E-state index in [0.29, 0.717) is 23.9 Å². The summed E-state index contributed by atoms with van der Waals surface area (Å²) < 4.78 is 34.4. The predicted octanol–water partition coefficient (Wildman–Crippen LogP) is 15.9. The standard InChI is InChI=1S/C53H102NO8P/c1-6-8-10-12-14-16-18-19-20-21-22-23-24-25-26-27-28-29-30-31-32-33-34-35-36-38-40-42-44-46-53(56)62-51(50-61-63(57,58)60-48-47-54(3,4)5)49-59-52(55)45-43-41-39-37-17-15-13-11-9-7-2/h18-19,21-22,51H,6-17,20,23-50H2,1-5H3/p+1/b19-18-,22-21-. The van der Waals surface area contributed by atoms with Crippen LogP contribution in [0.5, 0.6) is 0 Å². The number of hydrogen-bond donors (Lipinski definition) is 1. The maximum atomic E-state index is 12.7. The number of likely N-dealkylation sites (N-methyl/N-ethyl adjacent to an activating group) is 1. The number of carbonyl (C=O) groups excluding carboxylic acids is 2. The van der Waals surface area contributed by atoms with Gasteiger partial charge in [-0.15, -0.1) is 0 Å². The quantitative estimate of drug-likeness (QED) is 0.0211. The van der Waals surface area contributed by atoms with Crippen LogP contribution in [0, 0.1) is 0 Å². The minimum atomic E-state index is -4.37. The van der Waals surface area contributed by atoms with Gasteiger partial charge in [0.15, 0.2) is 6.10 Å². The summed E-state index contributed by atoms with van der Waals surface area (Å²) >= 11 is 0. The largest absolute Gasteiger partial charge is 0.472 e. The van der Waals surface area contributed by atoms with E-state index in [1.54, 1.807) is 0 Å². The van der Waals surface area contributed by atoms with Gasteiger partial charge in [-0.2, -0.15) is 0 Å². The highest BCUT2D eigenvalue weighted by Gasteiger charge is 2.27. The summed E-state index contributed by atoms with van der Waals surface area (Å²) in [6.45, 7) is 4.43. The van der Waals surface area contributed by atoms with Gasteiger partial charge < -0.3 is 18.9 Å². The fourth-order valence-electron chi connectivity index (χ4n) is 7.58. The first-order valence-corrected chi connectivity index (χ1v) is 28.1. The Morgan fingerprint density at radius 3 is 1.25 bits per heavy atom. The van der Waals surface area contributed by atoms with E-state index in [1.807, 2.05) is 21.1 Å². The summed E-state index contributed by atoms with van der Waals surface area (Å²) in [5.74, 6) is -0.788. The summed E-state index contributed by atoms with van der Waals surface area (Å²) in [6.07, 6.45) is 52.5. The van der Waals surface area contributed by atoms with Crippen LogP contribution >= 0.6 is 7.82 Å². The topological polar surface area (TPSA) is 108 Å². The first-order valence-electron chi connectivity index (χ1n) is 26.6. The minimum Gasteiger partial charge on any atom is -0.462 e. The van der Waals surface area contributed by atoms with Crippen molar-refractivity contribution in [2.45, 2.75) is 258 Å². The Kier molecular flexibility index (Phi) is 44.5. The van der Waals surface area contributed by atoms with Crippen LogP contribution in [0.25, 0.3) is 0 Å². The van der Waals surface area contributed by atoms with Gasteiger partial charge in [0.2, 0.25) is 0 Å². The van der Waals surface area contributed by atoms with E-state index in [2.05, 4.69) is 38.2 Å². The van der Waals surface area contributed by atoms with Gasteiger partial charge in [0.25, 0.3) is 0 Å². The van der Waals surface area contributed by atoms with Crippen molar-refractivity contribution in [1.29, 1.82) is 0 Å². The number of carbonyl (C=O) groups is 2. The molecule has 0 amide bonds. The average Bonchev–Trinajstić information content (AvgIpc) is 3.24. The summed E-state index contributed by atoms with van der Waals surface area (Å²) in [6, 6.07) is 0. The first kappa shape index (κ1) is 61.5.